The van der Waals surface area contributed by atoms with Gasteiger partial charge < -0.3 is 20.3 Å². The smallest absolute Gasteiger partial charge is 0.408 e. The number of hydrogen-bond acceptors (Lipinski definition) is 4. The number of hydrogen-bond donors (Lipinski definition) is 2. The molecule has 7 nitrogen and oxygen atoms in total. The summed E-state index contributed by atoms with van der Waals surface area (Å²) in [6.07, 6.45) is 13.1. The summed E-state index contributed by atoms with van der Waals surface area (Å²) in [4.78, 5) is 41.6. The lowest BCUT2D eigenvalue weighted by Crippen LogP contribution is -2.53. The zero-order valence-electron chi connectivity index (χ0n) is 24.6. The van der Waals surface area contributed by atoms with Gasteiger partial charge in [0.1, 0.15) is 17.7 Å². The predicted molar refractivity (Wildman–Crippen MR) is 154 cm³/mol. The van der Waals surface area contributed by atoms with Crippen LogP contribution in [-0.4, -0.2) is 47.0 Å². The Balaban J connectivity index is 3.37. The molecular weight excluding hydrogens is 478 g/mol. The fourth-order valence-electron chi connectivity index (χ4n) is 4.37. The van der Waals surface area contributed by atoms with E-state index in [1.165, 1.54) is 6.42 Å². The minimum absolute atomic E-state index is 0.0590. The number of amides is 3. The zero-order valence-corrected chi connectivity index (χ0v) is 24.6. The standard InChI is InChI=1S/C31H49N3O4/c1-9-12-13-14-15-18-22-34(29(36)24(5)33-30(37)38-31(6,7)8)27(28(35)32-23(4)19-10-2)26-21-17-16-20-25(26)11-3/h3,16-17,20-21,23-24,27H,9-10,12-15,18-19,22H2,1-2,4-8H3,(H,32,35)(H,33,37). The van der Waals surface area contributed by atoms with E-state index in [4.69, 9.17) is 11.2 Å². The van der Waals surface area contributed by atoms with Crippen molar-refractivity contribution in [2.75, 3.05) is 6.54 Å². The fourth-order valence-corrected chi connectivity index (χ4v) is 4.37. The van der Waals surface area contributed by atoms with Crippen molar-refractivity contribution in [3.8, 4) is 12.3 Å². The molecule has 0 bridgehead atoms. The summed E-state index contributed by atoms with van der Waals surface area (Å²) < 4.78 is 5.36. The Morgan fingerprint density at radius 1 is 0.974 bits per heavy atom. The van der Waals surface area contributed by atoms with Crippen LogP contribution in [0, 0.1) is 12.3 Å². The highest BCUT2D eigenvalue weighted by molar-refractivity contribution is 5.92. The molecule has 0 aliphatic carbocycles. The summed E-state index contributed by atoms with van der Waals surface area (Å²) in [5.74, 6) is 2.03. The molecule has 0 saturated heterocycles. The van der Waals surface area contributed by atoms with Crippen molar-refractivity contribution in [3.05, 3.63) is 35.4 Å². The van der Waals surface area contributed by atoms with Gasteiger partial charge in [-0.2, -0.15) is 0 Å². The van der Waals surface area contributed by atoms with Crippen LogP contribution in [0.5, 0.6) is 0 Å². The van der Waals surface area contributed by atoms with Gasteiger partial charge in [0.15, 0.2) is 0 Å². The maximum atomic E-state index is 13.9. The van der Waals surface area contributed by atoms with Crippen LogP contribution >= 0.6 is 0 Å². The normalized spacial score (nSPS) is 13.5. The molecule has 1 aromatic carbocycles. The molecule has 38 heavy (non-hydrogen) atoms. The Hall–Kier alpha value is -3.01. The molecule has 0 fully saturated rings. The molecule has 0 aromatic heterocycles. The van der Waals surface area contributed by atoms with Gasteiger partial charge in [-0.25, -0.2) is 4.79 Å². The van der Waals surface area contributed by atoms with E-state index in [2.05, 4.69) is 30.4 Å². The average Bonchev–Trinajstić information content (AvgIpc) is 2.83. The van der Waals surface area contributed by atoms with E-state index in [1.807, 2.05) is 19.1 Å². The third-order valence-corrected chi connectivity index (χ3v) is 6.22. The van der Waals surface area contributed by atoms with Crippen molar-refractivity contribution in [1.29, 1.82) is 0 Å². The van der Waals surface area contributed by atoms with E-state index in [0.717, 1.165) is 44.9 Å². The molecule has 3 amide bonds. The third-order valence-electron chi connectivity index (χ3n) is 6.22. The summed E-state index contributed by atoms with van der Waals surface area (Å²) in [5.41, 5.74) is 0.457. The number of carbonyl (C=O) groups is 3. The van der Waals surface area contributed by atoms with Gasteiger partial charge in [0.05, 0.1) is 0 Å². The van der Waals surface area contributed by atoms with E-state index >= 15 is 0 Å². The quantitative estimate of drug-likeness (QED) is 0.213. The number of benzene rings is 1. The first-order chi connectivity index (χ1) is 17.9. The van der Waals surface area contributed by atoms with Crippen LogP contribution in [0.15, 0.2) is 24.3 Å². The van der Waals surface area contributed by atoms with E-state index < -0.39 is 23.8 Å². The van der Waals surface area contributed by atoms with E-state index in [0.29, 0.717) is 17.7 Å². The zero-order chi connectivity index (χ0) is 28.7. The molecule has 1 aromatic rings. The lowest BCUT2D eigenvalue weighted by atomic mass is 9.96. The summed E-state index contributed by atoms with van der Waals surface area (Å²) in [6.45, 7) is 13.5. The maximum absolute atomic E-state index is 13.9. The number of terminal acetylenes is 1. The van der Waals surface area contributed by atoms with Gasteiger partial charge in [-0.1, -0.05) is 76.5 Å². The van der Waals surface area contributed by atoms with Crippen molar-refractivity contribution >= 4 is 17.9 Å². The SMILES string of the molecule is C#Cc1ccccc1C(C(=O)NC(C)CCC)N(CCCCCCCC)C(=O)C(C)NC(=O)OC(C)(C)C. The number of ether oxygens (including phenoxy) is 1. The first-order valence-corrected chi connectivity index (χ1v) is 14.1. The lowest BCUT2D eigenvalue weighted by molar-refractivity contribution is -0.142. The van der Waals surface area contributed by atoms with Gasteiger partial charge in [0, 0.05) is 18.2 Å². The number of nitrogens with one attached hydrogen (secondary N) is 2. The molecule has 212 valence electrons. The van der Waals surface area contributed by atoms with Crippen molar-refractivity contribution < 1.29 is 19.1 Å². The fraction of sp³-hybridized carbons (Fsp3) is 0.645. The topological polar surface area (TPSA) is 87.7 Å². The van der Waals surface area contributed by atoms with Gasteiger partial charge in [-0.05, 0) is 59.1 Å². The van der Waals surface area contributed by atoms with Crippen molar-refractivity contribution in [3.63, 3.8) is 0 Å². The molecule has 1 rings (SSSR count). The molecule has 2 N–H and O–H groups in total. The highest BCUT2D eigenvalue weighted by atomic mass is 16.6. The number of alkyl carbamates (subject to hydrolysis) is 1. The van der Waals surface area contributed by atoms with Gasteiger partial charge in [-0.3, -0.25) is 9.59 Å². The van der Waals surface area contributed by atoms with Crippen molar-refractivity contribution in [2.24, 2.45) is 0 Å². The number of carbonyl (C=O) groups excluding carboxylic acids is 3. The largest absolute Gasteiger partial charge is 0.444 e. The molecule has 0 saturated carbocycles. The molecular formula is C31H49N3O4. The van der Waals surface area contributed by atoms with E-state index in [1.54, 1.807) is 44.7 Å². The second-order valence-corrected chi connectivity index (χ2v) is 11.0. The van der Waals surface area contributed by atoms with Gasteiger partial charge in [0.25, 0.3) is 0 Å². The minimum atomic E-state index is -0.924. The van der Waals surface area contributed by atoms with Crippen LogP contribution in [0.3, 0.4) is 0 Å². The molecule has 7 heteroatoms. The van der Waals surface area contributed by atoms with E-state index in [-0.39, 0.29) is 17.9 Å². The van der Waals surface area contributed by atoms with Crippen LogP contribution < -0.4 is 10.6 Å². The summed E-state index contributed by atoms with van der Waals surface area (Å²) in [7, 11) is 0. The molecule has 0 aliphatic heterocycles. The molecule has 0 spiro atoms. The van der Waals surface area contributed by atoms with E-state index in [9.17, 15) is 14.4 Å². The monoisotopic (exact) mass is 527 g/mol. The highest BCUT2D eigenvalue weighted by Crippen LogP contribution is 2.27. The van der Waals surface area contributed by atoms with Crippen LogP contribution in [-0.2, 0) is 14.3 Å². The molecule has 3 atom stereocenters. The van der Waals surface area contributed by atoms with Crippen LogP contribution in [0.4, 0.5) is 4.79 Å². The Labute approximate surface area is 230 Å². The Morgan fingerprint density at radius 3 is 2.21 bits per heavy atom. The maximum Gasteiger partial charge on any atom is 0.408 e. The van der Waals surface area contributed by atoms with Crippen LogP contribution in [0.25, 0.3) is 0 Å². The third kappa shape index (κ3) is 11.6. The highest BCUT2D eigenvalue weighted by Gasteiger charge is 2.35. The summed E-state index contributed by atoms with van der Waals surface area (Å²) >= 11 is 0. The number of nitrogens with zero attached hydrogens (tertiary/aromatic N) is 1. The molecule has 3 unspecified atom stereocenters. The Morgan fingerprint density at radius 2 is 1.61 bits per heavy atom. The van der Waals surface area contributed by atoms with Gasteiger partial charge in [-0.15, -0.1) is 6.42 Å². The number of rotatable bonds is 15. The van der Waals surface area contributed by atoms with Crippen molar-refractivity contribution in [2.45, 2.75) is 124 Å². The minimum Gasteiger partial charge on any atom is -0.444 e. The summed E-state index contributed by atoms with van der Waals surface area (Å²) in [5, 5.41) is 5.73. The van der Waals surface area contributed by atoms with Crippen LogP contribution in [0.2, 0.25) is 0 Å². The molecule has 0 radical (unpaired) electrons. The average molecular weight is 528 g/mol. The Kier molecular flexibility index (Phi) is 14.6. The van der Waals surface area contributed by atoms with Crippen LogP contribution in [0.1, 0.15) is 117 Å². The number of unbranched alkanes of at least 4 members (excludes halogenated alkanes) is 5. The molecule has 0 heterocycles. The second-order valence-electron chi connectivity index (χ2n) is 11.0. The lowest BCUT2D eigenvalue weighted by Gasteiger charge is -2.35. The van der Waals surface area contributed by atoms with Crippen molar-refractivity contribution in [1.82, 2.24) is 15.5 Å². The Bertz CT molecular complexity index is 932. The van der Waals surface area contributed by atoms with Gasteiger partial charge in [0.2, 0.25) is 11.8 Å². The second kappa shape index (κ2) is 16.8. The van der Waals surface area contributed by atoms with Gasteiger partial charge >= 0.3 is 6.09 Å². The molecule has 0 aliphatic rings. The predicted octanol–water partition coefficient (Wildman–Crippen LogP) is 6.12. The first-order valence-electron chi connectivity index (χ1n) is 14.1. The first kappa shape index (κ1) is 33.0. The summed E-state index contributed by atoms with van der Waals surface area (Å²) in [6, 6.07) is 5.34.